The maximum atomic E-state index is 15.0. The minimum absolute atomic E-state index is 0.0683. The van der Waals surface area contributed by atoms with E-state index in [2.05, 4.69) is 10.6 Å². The molecule has 0 radical (unpaired) electrons. The first-order valence-electron chi connectivity index (χ1n) is 11.9. The van der Waals surface area contributed by atoms with Crippen LogP contribution in [-0.2, 0) is 9.59 Å². The number of halogens is 1. The summed E-state index contributed by atoms with van der Waals surface area (Å²) in [6.45, 7) is 5.33. The highest BCUT2D eigenvalue weighted by Crippen LogP contribution is 2.39. The van der Waals surface area contributed by atoms with Gasteiger partial charge >= 0.3 is 6.03 Å². The van der Waals surface area contributed by atoms with Crippen LogP contribution >= 0.6 is 0 Å². The molecule has 0 saturated carbocycles. The summed E-state index contributed by atoms with van der Waals surface area (Å²) in [5, 5.41) is 15.9. The van der Waals surface area contributed by atoms with Crippen LogP contribution in [0.25, 0.3) is 0 Å². The normalized spacial score (nSPS) is 16.6. The number of anilines is 4. The average molecular weight is 505 g/mol. The SMILES string of the molecule is CC(C)(C)C(O)CN1C(=O)C(NC(=O)Nc2ccccc2)C(=O)N(c2ccccc2F)c2ccccc21. The fraction of sp³-hybridized carbons (Fsp3) is 0.250. The molecule has 4 rings (SSSR count). The van der Waals surface area contributed by atoms with E-state index in [0.717, 1.165) is 4.90 Å². The third-order valence-corrected chi connectivity index (χ3v) is 6.15. The number of β-amino-alcohol motifs (C(OH)–C–C–N with tert-alkyl or cyclic N) is 1. The molecule has 0 fully saturated rings. The van der Waals surface area contributed by atoms with Crippen LogP contribution in [0.3, 0.4) is 0 Å². The van der Waals surface area contributed by atoms with E-state index >= 15 is 0 Å². The molecule has 3 aromatic rings. The van der Waals surface area contributed by atoms with Gasteiger partial charge in [0.15, 0.2) is 6.04 Å². The van der Waals surface area contributed by atoms with Gasteiger partial charge in [0, 0.05) is 5.69 Å². The van der Waals surface area contributed by atoms with E-state index in [9.17, 15) is 23.9 Å². The van der Waals surface area contributed by atoms with Crippen LogP contribution in [0.1, 0.15) is 20.8 Å². The number of benzene rings is 3. The number of hydrogen-bond acceptors (Lipinski definition) is 4. The van der Waals surface area contributed by atoms with Gasteiger partial charge < -0.3 is 20.6 Å². The van der Waals surface area contributed by atoms with E-state index < -0.39 is 41.2 Å². The van der Waals surface area contributed by atoms with Crippen molar-refractivity contribution in [3.63, 3.8) is 0 Å². The first kappa shape index (κ1) is 25.8. The van der Waals surface area contributed by atoms with Gasteiger partial charge in [0.1, 0.15) is 5.82 Å². The van der Waals surface area contributed by atoms with Crippen molar-refractivity contribution in [2.45, 2.75) is 32.9 Å². The molecule has 4 amide bonds. The van der Waals surface area contributed by atoms with Gasteiger partial charge in [0.25, 0.3) is 11.8 Å². The van der Waals surface area contributed by atoms with E-state index in [1.807, 2.05) is 20.8 Å². The van der Waals surface area contributed by atoms with Crippen LogP contribution < -0.4 is 20.4 Å². The molecular formula is C28H29FN4O4. The Balaban J connectivity index is 1.80. The van der Waals surface area contributed by atoms with Crippen LogP contribution in [0.5, 0.6) is 0 Å². The lowest BCUT2D eigenvalue weighted by Gasteiger charge is -2.32. The molecule has 0 bridgehead atoms. The zero-order valence-electron chi connectivity index (χ0n) is 20.8. The van der Waals surface area contributed by atoms with Gasteiger partial charge in [-0.05, 0) is 41.8 Å². The lowest BCUT2D eigenvalue weighted by atomic mass is 9.88. The van der Waals surface area contributed by atoms with Crippen molar-refractivity contribution in [1.82, 2.24) is 5.32 Å². The number of fused-ring (bicyclic) bond motifs is 1. The van der Waals surface area contributed by atoms with Crippen molar-refractivity contribution in [2.75, 3.05) is 21.7 Å². The molecule has 3 aromatic carbocycles. The topological polar surface area (TPSA) is 102 Å². The summed E-state index contributed by atoms with van der Waals surface area (Å²) in [5.74, 6) is -2.25. The lowest BCUT2D eigenvalue weighted by molar-refractivity contribution is -0.128. The summed E-state index contributed by atoms with van der Waals surface area (Å²) in [6, 6.07) is 18.3. The third kappa shape index (κ3) is 5.46. The Hall–Kier alpha value is -4.24. The molecule has 0 saturated heterocycles. The third-order valence-electron chi connectivity index (χ3n) is 6.15. The molecule has 2 atom stereocenters. The summed E-state index contributed by atoms with van der Waals surface area (Å²) in [7, 11) is 0. The molecule has 2 unspecified atom stereocenters. The van der Waals surface area contributed by atoms with Crippen molar-refractivity contribution in [3.8, 4) is 0 Å². The number of urea groups is 1. The Morgan fingerprint density at radius 3 is 2.08 bits per heavy atom. The van der Waals surface area contributed by atoms with E-state index in [1.54, 1.807) is 60.7 Å². The Morgan fingerprint density at radius 2 is 1.46 bits per heavy atom. The molecule has 37 heavy (non-hydrogen) atoms. The highest BCUT2D eigenvalue weighted by Gasteiger charge is 2.43. The minimum atomic E-state index is -1.69. The van der Waals surface area contributed by atoms with Gasteiger partial charge in [-0.15, -0.1) is 0 Å². The highest BCUT2D eigenvalue weighted by atomic mass is 19.1. The number of nitrogens with one attached hydrogen (secondary N) is 2. The minimum Gasteiger partial charge on any atom is -0.391 e. The Morgan fingerprint density at radius 1 is 0.892 bits per heavy atom. The van der Waals surface area contributed by atoms with Crippen molar-refractivity contribution < 1.29 is 23.9 Å². The van der Waals surface area contributed by atoms with Gasteiger partial charge in [-0.2, -0.15) is 0 Å². The second-order valence-electron chi connectivity index (χ2n) is 9.84. The van der Waals surface area contributed by atoms with Crippen molar-refractivity contribution >= 4 is 40.6 Å². The van der Waals surface area contributed by atoms with Crippen LogP contribution in [0.15, 0.2) is 78.9 Å². The number of aliphatic hydroxyl groups is 1. The maximum absolute atomic E-state index is 15.0. The zero-order valence-corrected chi connectivity index (χ0v) is 20.8. The number of nitrogens with zero attached hydrogens (tertiary/aromatic N) is 2. The zero-order chi connectivity index (χ0) is 26.7. The Labute approximate surface area is 214 Å². The highest BCUT2D eigenvalue weighted by molar-refractivity contribution is 6.24. The monoisotopic (exact) mass is 504 g/mol. The Kier molecular flexibility index (Phi) is 7.26. The number of carbonyl (C=O) groups excluding carboxylic acids is 3. The summed E-state index contributed by atoms with van der Waals surface area (Å²) in [6.07, 6.45) is -0.960. The van der Waals surface area contributed by atoms with E-state index in [-0.39, 0.29) is 17.9 Å². The van der Waals surface area contributed by atoms with E-state index in [4.69, 9.17) is 0 Å². The van der Waals surface area contributed by atoms with Crippen molar-refractivity contribution in [2.24, 2.45) is 5.41 Å². The molecule has 1 aliphatic rings. The lowest BCUT2D eigenvalue weighted by Crippen LogP contribution is -2.57. The molecule has 192 valence electrons. The summed E-state index contributed by atoms with van der Waals surface area (Å²) in [5.41, 5.74) is 0.369. The molecule has 9 heteroatoms. The van der Waals surface area contributed by atoms with Gasteiger partial charge in [-0.3, -0.25) is 14.5 Å². The first-order chi connectivity index (χ1) is 17.6. The number of hydrogen-bond donors (Lipinski definition) is 3. The predicted octanol–water partition coefficient (Wildman–Crippen LogP) is 4.43. The molecule has 0 aliphatic carbocycles. The van der Waals surface area contributed by atoms with Crippen molar-refractivity contribution in [1.29, 1.82) is 0 Å². The van der Waals surface area contributed by atoms with Gasteiger partial charge in [-0.25, -0.2) is 9.18 Å². The van der Waals surface area contributed by atoms with Crippen LogP contribution in [0, 0.1) is 11.2 Å². The second-order valence-corrected chi connectivity index (χ2v) is 9.84. The largest absolute Gasteiger partial charge is 0.391 e. The van der Waals surface area contributed by atoms with E-state index in [1.165, 1.54) is 23.1 Å². The van der Waals surface area contributed by atoms with Gasteiger partial charge in [0.2, 0.25) is 0 Å². The summed E-state index contributed by atoms with van der Waals surface area (Å²) >= 11 is 0. The van der Waals surface area contributed by atoms with Crippen LogP contribution in [-0.4, -0.2) is 41.6 Å². The van der Waals surface area contributed by atoms with Gasteiger partial charge in [0.05, 0.1) is 29.7 Å². The summed E-state index contributed by atoms with van der Waals surface area (Å²) in [4.78, 5) is 43.0. The second kappa shape index (κ2) is 10.4. The van der Waals surface area contributed by atoms with Crippen LogP contribution in [0.2, 0.25) is 0 Å². The smallest absolute Gasteiger partial charge is 0.320 e. The van der Waals surface area contributed by atoms with E-state index in [0.29, 0.717) is 11.4 Å². The summed E-state index contributed by atoms with van der Waals surface area (Å²) < 4.78 is 15.0. The maximum Gasteiger partial charge on any atom is 0.320 e. The molecule has 8 nitrogen and oxygen atoms in total. The number of para-hydroxylation sites is 4. The molecule has 0 spiro atoms. The number of amides is 4. The first-order valence-corrected chi connectivity index (χ1v) is 11.9. The molecule has 1 aliphatic heterocycles. The van der Waals surface area contributed by atoms with Crippen LogP contribution in [0.4, 0.5) is 31.9 Å². The van der Waals surface area contributed by atoms with Crippen molar-refractivity contribution in [3.05, 3.63) is 84.7 Å². The average Bonchev–Trinajstić information content (AvgIpc) is 2.94. The molecule has 1 heterocycles. The molecular weight excluding hydrogens is 475 g/mol. The quantitative estimate of drug-likeness (QED) is 0.447. The van der Waals surface area contributed by atoms with Gasteiger partial charge in [-0.1, -0.05) is 63.2 Å². The fourth-order valence-corrected chi connectivity index (χ4v) is 3.97. The standard InChI is InChI=1S/C28H29FN4O4/c1-28(2,3)23(34)17-32-21-15-9-10-16-22(21)33(20-14-8-7-13-19(20)29)26(36)24(25(32)35)31-27(37)30-18-11-5-4-6-12-18/h4-16,23-24,34H,17H2,1-3H3,(H2,30,31,37). The number of rotatable bonds is 5. The molecule has 3 N–H and O–H groups in total. The number of carbonyl (C=O) groups is 3. The number of aliphatic hydroxyl groups excluding tert-OH is 1. The Bertz CT molecular complexity index is 1310. The fourth-order valence-electron chi connectivity index (χ4n) is 3.97. The molecule has 0 aromatic heterocycles. The predicted molar refractivity (Wildman–Crippen MR) is 140 cm³/mol.